The highest BCUT2D eigenvalue weighted by Gasteiger charge is 2.12. The Labute approximate surface area is 147 Å². The first-order chi connectivity index (χ1) is 12.2. The fraction of sp³-hybridized carbons (Fsp3) is 0.421. The maximum absolute atomic E-state index is 12.0. The molecule has 3 rings (SSSR count). The van der Waals surface area contributed by atoms with E-state index in [4.69, 9.17) is 0 Å². The second-order valence-electron chi connectivity index (χ2n) is 6.33. The van der Waals surface area contributed by atoms with Crippen molar-refractivity contribution in [1.82, 2.24) is 14.9 Å². The number of anilines is 1. The van der Waals surface area contributed by atoms with Gasteiger partial charge in [0.2, 0.25) is 5.91 Å². The van der Waals surface area contributed by atoms with Gasteiger partial charge in [0.1, 0.15) is 5.82 Å². The van der Waals surface area contributed by atoms with Crippen molar-refractivity contribution in [3.63, 3.8) is 0 Å². The quantitative estimate of drug-likeness (QED) is 0.873. The zero-order valence-corrected chi connectivity index (χ0v) is 14.4. The average Bonchev–Trinajstić information content (AvgIpc) is 2.67. The predicted molar refractivity (Wildman–Crippen MR) is 97.5 cm³/mol. The molecule has 0 atom stereocenters. The maximum Gasteiger partial charge on any atom is 0.250 e. The van der Waals surface area contributed by atoms with E-state index in [0.717, 1.165) is 24.5 Å². The summed E-state index contributed by atoms with van der Waals surface area (Å²) in [7, 11) is 0. The number of piperidine rings is 1. The van der Waals surface area contributed by atoms with Gasteiger partial charge >= 0.3 is 0 Å². The normalized spacial score (nSPS) is 14.3. The second kappa shape index (κ2) is 8.46. The Morgan fingerprint density at radius 2 is 2.00 bits per heavy atom. The van der Waals surface area contributed by atoms with Gasteiger partial charge in [-0.05, 0) is 43.0 Å². The summed E-state index contributed by atoms with van der Waals surface area (Å²) >= 11 is 0. The van der Waals surface area contributed by atoms with Crippen molar-refractivity contribution in [2.75, 3.05) is 18.0 Å². The molecular weight excluding hydrogens is 316 g/mol. The van der Waals surface area contributed by atoms with E-state index in [1.54, 1.807) is 29.1 Å². The first-order valence-corrected chi connectivity index (χ1v) is 8.84. The van der Waals surface area contributed by atoms with E-state index in [1.165, 1.54) is 25.3 Å². The fourth-order valence-corrected chi connectivity index (χ4v) is 3.02. The Bertz CT molecular complexity index is 766. The number of amides is 1. The summed E-state index contributed by atoms with van der Waals surface area (Å²) in [5.74, 6) is 0.925. The summed E-state index contributed by atoms with van der Waals surface area (Å²) in [4.78, 5) is 30.4. The van der Waals surface area contributed by atoms with Crippen molar-refractivity contribution < 1.29 is 4.79 Å². The topological polar surface area (TPSA) is 67.2 Å². The molecule has 0 radical (unpaired) electrons. The molecule has 3 heterocycles. The van der Waals surface area contributed by atoms with E-state index in [0.29, 0.717) is 13.1 Å². The lowest BCUT2D eigenvalue weighted by Crippen LogP contribution is -2.30. The van der Waals surface area contributed by atoms with Crippen molar-refractivity contribution in [3.8, 4) is 0 Å². The molecule has 0 aromatic carbocycles. The largest absolute Gasteiger partial charge is 0.357 e. The first kappa shape index (κ1) is 17.2. The van der Waals surface area contributed by atoms with Gasteiger partial charge in [-0.1, -0.05) is 6.07 Å². The zero-order valence-electron chi connectivity index (χ0n) is 14.4. The predicted octanol–water partition coefficient (Wildman–Crippen LogP) is 1.94. The van der Waals surface area contributed by atoms with E-state index >= 15 is 0 Å². The van der Waals surface area contributed by atoms with Crippen LogP contribution in [-0.4, -0.2) is 28.5 Å². The van der Waals surface area contributed by atoms with E-state index in [-0.39, 0.29) is 17.9 Å². The number of carbonyl (C=O) groups is 1. The highest BCUT2D eigenvalue weighted by molar-refractivity contribution is 5.75. The van der Waals surface area contributed by atoms with Gasteiger partial charge in [0.05, 0.1) is 0 Å². The fourth-order valence-electron chi connectivity index (χ4n) is 3.02. The van der Waals surface area contributed by atoms with Crippen LogP contribution in [0.5, 0.6) is 0 Å². The molecule has 6 nitrogen and oxygen atoms in total. The third-order valence-corrected chi connectivity index (χ3v) is 4.46. The smallest absolute Gasteiger partial charge is 0.250 e. The number of rotatable bonds is 6. The number of carbonyl (C=O) groups excluding carboxylic acids is 1. The standard InChI is InChI=1S/C19H24N4O2/c24-18(8-13-23-12-5-2-6-19(23)25)21-15-16-7-9-20-17(14-16)22-10-3-1-4-11-22/h2,5-7,9,12,14H,1,3-4,8,10-11,13,15H2,(H,21,24). The monoisotopic (exact) mass is 340 g/mol. The maximum atomic E-state index is 12.0. The van der Waals surface area contributed by atoms with Gasteiger partial charge in [0, 0.05) is 51.1 Å². The molecule has 6 heteroatoms. The molecule has 25 heavy (non-hydrogen) atoms. The molecule has 1 amide bonds. The average molecular weight is 340 g/mol. The molecule has 0 saturated carbocycles. The van der Waals surface area contributed by atoms with Crippen LogP contribution in [-0.2, 0) is 17.9 Å². The van der Waals surface area contributed by atoms with Gasteiger partial charge in [-0.3, -0.25) is 9.59 Å². The van der Waals surface area contributed by atoms with Crippen LogP contribution in [0.1, 0.15) is 31.2 Å². The van der Waals surface area contributed by atoms with Crippen LogP contribution in [0.3, 0.4) is 0 Å². The van der Waals surface area contributed by atoms with Gasteiger partial charge in [0.15, 0.2) is 0 Å². The molecule has 0 spiro atoms. The molecule has 2 aromatic heterocycles. The Balaban J connectivity index is 1.50. The molecule has 0 bridgehead atoms. The van der Waals surface area contributed by atoms with Crippen LogP contribution in [0, 0.1) is 0 Å². The highest BCUT2D eigenvalue weighted by Crippen LogP contribution is 2.18. The zero-order chi connectivity index (χ0) is 17.5. The van der Waals surface area contributed by atoms with Gasteiger partial charge < -0.3 is 14.8 Å². The summed E-state index contributed by atoms with van der Waals surface area (Å²) < 4.78 is 1.54. The van der Waals surface area contributed by atoms with Gasteiger partial charge in [-0.25, -0.2) is 4.98 Å². The molecule has 1 saturated heterocycles. The summed E-state index contributed by atoms with van der Waals surface area (Å²) in [6, 6.07) is 8.96. The Hall–Kier alpha value is -2.63. The van der Waals surface area contributed by atoms with Crippen molar-refractivity contribution >= 4 is 11.7 Å². The number of pyridine rings is 2. The second-order valence-corrected chi connectivity index (χ2v) is 6.33. The molecule has 0 aliphatic carbocycles. The van der Waals surface area contributed by atoms with Crippen molar-refractivity contribution in [1.29, 1.82) is 0 Å². The Kier molecular flexibility index (Phi) is 5.82. The summed E-state index contributed by atoms with van der Waals surface area (Å²) in [6.07, 6.45) is 7.49. The van der Waals surface area contributed by atoms with Gasteiger partial charge in [-0.2, -0.15) is 0 Å². The summed E-state index contributed by atoms with van der Waals surface area (Å²) in [5, 5.41) is 2.92. The molecular formula is C19H24N4O2. The van der Waals surface area contributed by atoms with E-state index in [2.05, 4.69) is 15.2 Å². The third kappa shape index (κ3) is 4.92. The number of hydrogen-bond donors (Lipinski definition) is 1. The Morgan fingerprint density at radius 3 is 2.80 bits per heavy atom. The highest BCUT2D eigenvalue weighted by atomic mass is 16.1. The molecule has 132 valence electrons. The molecule has 1 aliphatic heterocycles. The van der Waals surface area contributed by atoms with Crippen LogP contribution in [0.15, 0.2) is 47.5 Å². The summed E-state index contributed by atoms with van der Waals surface area (Å²) in [5.41, 5.74) is 0.955. The van der Waals surface area contributed by atoms with Crippen LogP contribution in [0.2, 0.25) is 0 Å². The van der Waals surface area contributed by atoms with Crippen LogP contribution in [0.4, 0.5) is 5.82 Å². The number of aromatic nitrogens is 2. The lowest BCUT2D eigenvalue weighted by atomic mass is 10.1. The van der Waals surface area contributed by atoms with Crippen molar-refractivity contribution in [2.24, 2.45) is 0 Å². The molecule has 2 aromatic rings. The number of aryl methyl sites for hydroxylation is 1. The van der Waals surface area contributed by atoms with Crippen LogP contribution >= 0.6 is 0 Å². The number of nitrogens with one attached hydrogen (secondary N) is 1. The van der Waals surface area contributed by atoms with Crippen LogP contribution in [0.25, 0.3) is 0 Å². The molecule has 1 aliphatic rings. The minimum absolute atomic E-state index is 0.0629. The van der Waals surface area contributed by atoms with Gasteiger partial charge in [-0.15, -0.1) is 0 Å². The van der Waals surface area contributed by atoms with Crippen molar-refractivity contribution in [2.45, 2.75) is 38.8 Å². The van der Waals surface area contributed by atoms with E-state index < -0.39 is 0 Å². The SMILES string of the molecule is O=C(CCn1ccccc1=O)NCc1ccnc(N2CCCCC2)c1. The van der Waals surface area contributed by atoms with E-state index in [1.807, 2.05) is 12.1 Å². The molecule has 0 unspecified atom stereocenters. The number of nitrogens with zero attached hydrogens (tertiary/aromatic N) is 3. The molecule has 1 fully saturated rings. The first-order valence-electron chi connectivity index (χ1n) is 8.84. The van der Waals surface area contributed by atoms with Crippen molar-refractivity contribution in [3.05, 3.63) is 58.6 Å². The Morgan fingerprint density at radius 1 is 1.16 bits per heavy atom. The van der Waals surface area contributed by atoms with Gasteiger partial charge in [0.25, 0.3) is 5.56 Å². The molecule has 1 N–H and O–H groups in total. The third-order valence-electron chi connectivity index (χ3n) is 4.46. The minimum atomic E-state index is -0.0874. The number of hydrogen-bond acceptors (Lipinski definition) is 4. The lowest BCUT2D eigenvalue weighted by molar-refractivity contribution is -0.121. The van der Waals surface area contributed by atoms with Crippen LogP contribution < -0.4 is 15.8 Å². The minimum Gasteiger partial charge on any atom is -0.357 e. The lowest BCUT2D eigenvalue weighted by Gasteiger charge is -2.27. The van der Waals surface area contributed by atoms with E-state index in [9.17, 15) is 9.59 Å². The summed E-state index contributed by atoms with van der Waals surface area (Å²) in [6.45, 7) is 2.97.